The van der Waals surface area contributed by atoms with E-state index in [1.807, 2.05) is 32.7 Å². The van der Waals surface area contributed by atoms with Crippen LogP contribution in [0.4, 0.5) is 0 Å². The summed E-state index contributed by atoms with van der Waals surface area (Å²) in [5.74, 6) is 5.33. The van der Waals surface area contributed by atoms with E-state index in [1.165, 1.54) is 0 Å². The molecule has 0 unspecified atom stereocenters. The predicted octanol–water partition coefficient (Wildman–Crippen LogP) is 1.19. The first-order valence-corrected chi connectivity index (χ1v) is 5.40. The Hall–Kier alpha value is -0.500. The molecule has 0 aromatic rings. The van der Waals surface area contributed by atoms with Crippen LogP contribution in [0.15, 0.2) is 0 Å². The third-order valence-corrected chi connectivity index (χ3v) is 2.32. The van der Waals surface area contributed by atoms with E-state index in [-0.39, 0.29) is 5.54 Å². The maximum absolute atomic E-state index is 10.6. The van der Waals surface area contributed by atoms with Gasteiger partial charge < -0.3 is 4.74 Å². The largest absolute Gasteiger partial charge is 0.380 e. The van der Waals surface area contributed by atoms with E-state index >= 15 is 0 Å². The number of hydrogen-bond acceptors (Lipinski definition) is 3. The summed E-state index contributed by atoms with van der Waals surface area (Å²) in [6.07, 6.45) is 0. The summed E-state index contributed by atoms with van der Waals surface area (Å²) in [4.78, 5) is 12.7. The van der Waals surface area contributed by atoms with E-state index in [2.05, 4.69) is 24.5 Å². The second kappa shape index (κ2) is 6.89. The molecule has 0 aliphatic heterocycles. The minimum atomic E-state index is -0.402. The van der Waals surface area contributed by atoms with E-state index in [9.17, 15) is 4.79 Å². The van der Waals surface area contributed by atoms with Gasteiger partial charge in [0.25, 0.3) is 5.12 Å². The minimum Gasteiger partial charge on any atom is -0.380 e. The zero-order chi connectivity index (χ0) is 11.9. The second-order valence-electron chi connectivity index (χ2n) is 3.73. The molecule has 0 aromatic carbocycles. The molecular weight excluding hydrogens is 210 g/mol. The molecule has 86 valence electrons. The Kier molecular flexibility index (Phi) is 6.66. The van der Waals surface area contributed by atoms with E-state index in [4.69, 9.17) is 4.74 Å². The topological polar surface area (TPSA) is 29.5 Å². The fourth-order valence-corrected chi connectivity index (χ4v) is 0.983. The zero-order valence-electron chi connectivity index (χ0n) is 9.83. The summed E-state index contributed by atoms with van der Waals surface area (Å²) >= 11 is 3.61. The molecule has 0 fully saturated rings. The van der Waals surface area contributed by atoms with Crippen molar-refractivity contribution in [2.45, 2.75) is 26.3 Å². The number of thiol groups is 1. The first-order valence-electron chi connectivity index (χ1n) is 4.95. The lowest BCUT2D eigenvalue weighted by atomic mass is 10.0. The van der Waals surface area contributed by atoms with Crippen molar-refractivity contribution >= 4 is 17.7 Å². The summed E-state index contributed by atoms with van der Waals surface area (Å²) in [7, 11) is 1.96. The Morgan fingerprint density at radius 3 is 2.60 bits per heavy atom. The zero-order valence-corrected chi connectivity index (χ0v) is 10.7. The van der Waals surface area contributed by atoms with Gasteiger partial charge in [-0.1, -0.05) is 18.5 Å². The maximum atomic E-state index is 10.6. The third kappa shape index (κ3) is 6.56. The molecule has 0 aliphatic rings. The standard InChI is InChI=1S/C11H19NO2S/c1-5-14-9-8-12(4)11(2,3)7-6-10(13)15/h5,8-9H2,1-4H3,(H,13,15). The van der Waals surface area contributed by atoms with Gasteiger partial charge in [-0.05, 0) is 33.7 Å². The molecule has 0 radical (unpaired) electrons. The van der Waals surface area contributed by atoms with Gasteiger partial charge in [-0.3, -0.25) is 9.69 Å². The SMILES string of the molecule is CCOCCN(C)C(C)(C)C#CC(=O)S. The summed E-state index contributed by atoms with van der Waals surface area (Å²) in [6.45, 7) is 8.06. The van der Waals surface area contributed by atoms with E-state index in [0.717, 1.165) is 13.2 Å². The van der Waals surface area contributed by atoms with Crippen molar-refractivity contribution in [2.75, 3.05) is 26.8 Å². The molecule has 0 bridgehead atoms. The van der Waals surface area contributed by atoms with E-state index in [1.54, 1.807) is 0 Å². The van der Waals surface area contributed by atoms with Crippen LogP contribution in [0, 0.1) is 11.8 Å². The maximum Gasteiger partial charge on any atom is 0.259 e. The average Bonchev–Trinajstić information content (AvgIpc) is 2.15. The van der Waals surface area contributed by atoms with Gasteiger partial charge in [0.2, 0.25) is 0 Å². The van der Waals surface area contributed by atoms with Crippen molar-refractivity contribution in [3.05, 3.63) is 0 Å². The molecule has 0 amide bonds. The van der Waals surface area contributed by atoms with Gasteiger partial charge in [0, 0.05) is 13.2 Å². The summed E-state index contributed by atoms with van der Waals surface area (Å²) < 4.78 is 5.25. The number of ether oxygens (including phenoxy) is 1. The van der Waals surface area contributed by atoms with Crippen molar-refractivity contribution in [3.8, 4) is 11.8 Å². The van der Waals surface area contributed by atoms with Crippen LogP contribution < -0.4 is 0 Å². The first-order chi connectivity index (χ1) is 6.90. The predicted molar refractivity (Wildman–Crippen MR) is 65.0 cm³/mol. The lowest BCUT2D eigenvalue weighted by Crippen LogP contribution is -2.41. The average molecular weight is 229 g/mol. The molecule has 0 N–H and O–H groups in total. The van der Waals surface area contributed by atoms with Gasteiger partial charge in [-0.2, -0.15) is 0 Å². The number of carbonyl (C=O) groups is 1. The van der Waals surface area contributed by atoms with Crippen LogP contribution in [-0.4, -0.2) is 42.4 Å². The number of nitrogens with zero attached hydrogens (tertiary/aromatic N) is 1. The molecule has 4 heteroatoms. The van der Waals surface area contributed by atoms with Crippen molar-refractivity contribution in [1.29, 1.82) is 0 Å². The number of rotatable bonds is 5. The molecule has 0 spiro atoms. The summed E-state index contributed by atoms with van der Waals surface area (Å²) in [6, 6.07) is 0. The summed E-state index contributed by atoms with van der Waals surface area (Å²) in [5.41, 5.74) is -0.338. The van der Waals surface area contributed by atoms with Gasteiger partial charge in [0.1, 0.15) is 0 Å². The van der Waals surface area contributed by atoms with E-state index in [0.29, 0.717) is 6.61 Å². The normalized spacial score (nSPS) is 11.1. The molecule has 0 rings (SSSR count). The smallest absolute Gasteiger partial charge is 0.259 e. The van der Waals surface area contributed by atoms with Crippen molar-refractivity contribution < 1.29 is 9.53 Å². The Morgan fingerprint density at radius 1 is 1.53 bits per heavy atom. The number of carbonyl (C=O) groups excluding carboxylic acids is 1. The van der Waals surface area contributed by atoms with Crippen molar-refractivity contribution in [1.82, 2.24) is 4.90 Å². The third-order valence-electron chi connectivity index (χ3n) is 2.20. The van der Waals surface area contributed by atoms with Gasteiger partial charge >= 0.3 is 0 Å². The molecule has 0 heterocycles. The Labute approximate surface area is 97.6 Å². The van der Waals surface area contributed by atoms with Crippen molar-refractivity contribution in [3.63, 3.8) is 0 Å². The fraction of sp³-hybridized carbons (Fsp3) is 0.727. The second-order valence-corrected chi connectivity index (χ2v) is 4.14. The van der Waals surface area contributed by atoms with Crippen LogP contribution >= 0.6 is 12.6 Å². The molecule has 0 atom stereocenters. The van der Waals surface area contributed by atoms with Crippen LogP contribution in [0.2, 0.25) is 0 Å². The highest BCUT2D eigenvalue weighted by molar-refractivity contribution is 7.97. The van der Waals surface area contributed by atoms with Crippen LogP contribution in [0.25, 0.3) is 0 Å². The Balaban J connectivity index is 4.21. The quantitative estimate of drug-likeness (QED) is 0.436. The first kappa shape index (κ1) is 14.5. The number of likely N-dealkylation sites (N-methyl/N-ethyl adjacent to an activating group) is 1. The molecule has 0 saturated heterocycles. The molecule has 0 aliphatic carbocycles. The highest BCUT2D eigenvalue weighted by atomic mass is 32.1. The van der Waals surface area contributed by atoms with Crippen LogP contribution in [0.5, 0.6) is 0 Å². The van der Waals surface area contributed by atoms with Gasteiger partial charge in [0.15, 0.2) is 0 Å². The van der Waals surface area contributed by atoms with Crippen LogP contribution in [0.1, 0.15) is 20.8 Å². The molecule has 3 nitrogen and oxygen atoms in total. The Morgan fingerprint density at radius 2 is 2.13 bits per heavy atom. The van der Waals surface area contributed by atoms with E-state index < -0.39 is 5.12 Å². The minimum absolute atomic E-state index is 0.338. The molecule has 0 saturated carbocycles. The Bertz CT molecular complexity index is 265. The highest BCUT2D eigenvalue weighted by Crippen LogP contribution is 2.09. The lowest BCUT2D eigenvalue weighted by Gasteiger charge is -2.30. The molecule has 0 aromatic heterocycles. The molecule has 15 heavy (non-hydrogen) atoms. The summed E-state index contributed by atoms with van der Waals surface area (Å²) in [5, 5.41) is -0.402. The number of hydrogen-bond donors (Lipinski definition) is 1. The molecular formula is C11H19NO2S. The highest BCUT2D eigenvalue weighted by Gasteiger charge is 2.20. The fourth-order valence-electron chi connectivity index (χ4n) is 0.927. The lowest BCUT2D eigenvalue weighted by molar-refractivity contribution is -0.106. The monoisotopic (exact) mass is 229 g/mol. The van der Waals surface area contributed by atoms with Crippen LogP contribution in [-0.2, 0) is 9.53 Å². The van der Waals surface area contributed by atoms with Crippen molar-refractivity contribution in [2.24, 2.45) is 0 Å². The van der Waals surface area contributed by atoms with Crippen LogP contribution in [0.3, 0.4) is 0 Å². The van der Waals surface area contributed by atoms with Gasteiger partial charge in [-0.25, -0.2) is 0 Å². The van der Waals surface area contributed by atoms with Gasteiger partial charge in [-0.15, -0.1) is 0 Å². The van der Waals surface area contributed by atoms with Gasteiger partial charge in [0.05, 0.1) is 12.1 Å².